The molecule has 0 unspecified atom stereocenters. The number of nitrogens with zero attached hydrogens (tertiary/aromatic N) is 3. The van der Waals surface area contributed by atoms with E-state index in [1.165, 1.54) is 5.56 Å². The lowest BCUT2D eigenvalue weighted by molar-refractivity contribution is 0.0138. The van der Waals surface area contributed by atoms with E-state index in [-0.39, 0.29) is 25.2 Å². The second-order valence-corrected chi connectivity index (χ2v) is 10.4. The van der Waals surface area contributed by atoms with E-state index >= 15 is 0 Å². The van der Waals surface area contributed by atoms with Gasteiger partial charge in [-0.2, -0.15) is 0 Å². The third-order valence-corrected chi connectivity index (χ3v) is 5.04. The number of hydrogen-bond donors (Lipinski definition) is 1. The molecule has 0 spiro atoms. The summed E-state index contributed by atoms with van der Waals surface area (Å²) in [7, 11) is 0. The van der Waals surface area contributed by atoms with Crippen LogP contribution in [-0.2, 0) is 16.0 Å². The maximum Gasteiger partial charge on any atom is 0.410 e. The SMILES string of the molecule is C.CC(C)(C)OC(=O)N1CCN(Cc2ccccc2)CC1.CC(C)(C)OC(=O)N1CCNCC1. The minimum Gasteiger partial charge on any atom is -0.444 e. The number of benzene rings is 1. The van der Waals surface area contributed by atoms with Crippen molar-refractivity contribution < 1.29 is 19.1 Å². The van der Waals surface area contributed by atoms with Crippen LogP contribution < -0.4 is 5.32 Å². The molecule has 0 aromatic heterocycles. The second-order valence-electron chi connectivity index (χ2n) is 10.4. The van der Waals surface area contributed by atoms with Gasteiger partial charge in [-0.15, -0.1) is 0 Å². The summed E-state index contributed by atoms with van der Waals surface area (Å²) >= 11 is 0. The Hall–Kier alpha value is -2.32. The summed E-state index contributed by atoms with van der Waals surface area (Å²) in [5, 5.41) is 3.18. The van der Waals surface area contributed by atoms with E-state index in [2.05, 4.69) is 34.5 Å². The lowest BCUT2D eigenvalue weighted by atomic mass is 10.2. The molecule has 0 bridgehead atoms. The summed E-state index contributed by atoms with van der Waals surface area (Å²) in [5.74, 6) is 0. The van der Waals surface area contributed by atoms with Gasteiger partial charge in [-0.25, -0.2) is 9.59 Å². The third-order valence-electron chi connectivity index (χ3n) is 5.04. The molecule has 0 radical (unpaired) electrons. The van der Waals surface area contributed by atoms with Gasteiger partial charge >= 0.3 is 12.2 Å². The zero-order valence-electron chi connectivity index (χ0n) is 21.2. The maximum absolute atomic E-state index is 12.0. The number of carbonyl (C=O) groups is 2. The largest absolute Gasteiger partial charge is 0.444 e. The number of carbonyl (C=O) groups excluding carboxylic acids is 2. The molecule has 0 atom stereocenters. The van der Waals surface area contributed by atoms with Crippen molar-refractivity contribution in [1.29, 1.82) is 0 Å². The first-order chi connectivity index (χ1) is 15.4. The van der Waals surface area contributed by atoms with Crippen molar-refractivity contribution in [1.82, 2.24) is 20.0 Å². The van der Waals surface area contributed by atoms with Crippen LogP contribution in [0.4, 0.5) is 9.59 Å². The Balaban J connectivity index is 0.000000360. The molecule has 2 heterocycles. The quantitative estimate of drug-likeness (QED) is 0.687. The Bertz CT molecular complexity index is 729. The molecule has 2 aliphatic rings. The van der Waals surface area contributed by atoms with Crippen LogP contribution in [0.25, 0.3) is 0 Å². The van der Waals surface area contributed by atoms with E-state index in [4.69, 9.17) is 9.47 Å². The number of amides is 2. The summed E-state index contributed by atoms with van der Waals surface area (Å²) in [6.07, 6.45) is -0.397. The minimum atomic E-state index is -0.418. The van der Waals surface area contributed by atoms with Gasteiger partial charge in [0.2, 0.25) is 0 Å². The van der Waals surface area contributed by atoms with Gasteiger partial charge in [-0.1, -0.05) is 37.8 Å². The third kappa shape index (κ3) is 11.7. The summed E-state index contributed by atoms with van der Waals surface area (Å²) < 4.78 is 10.6. The maximum atomic E-state index is 12.0. The standard InChI is InChI=1S/C16H24N2O2.C9H18N2O2.CH4/c1-16(2,3)20-15(19)18-11-9-17(10-12-18)13-14-7-5-4-6-8-14;1-9(2,3)13-8(12)11-6-4-10-5-7-11;/h4-8H,9-13H2,1-3H3;10H,4-7H2,1-3H3;1H4. The van der Waals surface area contributed by atoms with Gasteiger partial charge in [0, 0.05) is 58.9 Å². The predicted octanol–water partition coefficient (Wildman–Crippen LogP) is 4.20. The molecule has 0 aliphatic carbocycles. The van der Waals surface area contributed by atoms with Crippen molar-refractivity contribution in [2.75, 3.05) is 52.4 Å². The molecule has 8 nitrogen and oxygen atoms in total. The first-order valence-corrected chi connectivity index (χ1v) is 11.9. The highest BCUT2D eigenvalue weighted by molar-refractivity contribution is 5.68. The van der Waals surface area contributed by atoms with Gasteiger partial charge in [0.15, 0.2) is 0 Å². The zero-order valence-corrected chi connectivity index (χ0v) is 21.2. The van der Waals surface area contributed by atoms with Crippen LogP contribution >= 0.6 is 0 Å². The molecule has 34 heavy (non-hydrogen) atoms. The highest BCUT2D eigenvalue weighted by Gasteiger charge is 2.26. The van der Waals surface area contributed by atoms with Crippen molar-refractivity contribution in [2.45, 2.75) is 66.7 Å². The number of piperazine rings is 2. The van der Waals surface area contributed by atoms with Gasteiger partial charge in [0.25, 0.3) is 0 Å². The Morgan fingerprint density at radius 1 is 0.765 bits per heavy atom. The van der Waals surface area contributed by atoms with Crippen LogP contribution in [0.15, 0.2) is 30.3 Å². The Kier molecular flexibility index (Phi) is 11.8. The molecular formula is C26H46N4O4. The first-order valence-electron chi connectivity index (χ1n) is 11.9. The molecule has 2 aliphatic heterocycles. The smallest absolute Gasteiger partial charge is 0.410 e. The molecule has 194 valence electrons. The number of rotatable bonds is 2. The Morgan fingerprint density at radius 3 is 1.65 bits per heavy atom. The van der Waals surface area contributed by atoms with Gasteiger partial charge in [0.1, 0.15) is 11.2 Å². The number of ether oxygens (including phenoxy) is 2. The summed E-state index contributed by atoms with van der Waals surface area (Å²) in [6.45, 7) is 18.8. The average Bonchev–Trinajstić information content (AvgIpc) is 2.74. The van der Waals surface area contributed by atoms with Gasteiger partial charge in [0.05, 0.1) is 0 Å². The van der Waals surface area contributed by atoms with Crippen molar-refractivity contribution in [3.05, 3.63) is 35.9 Å². The van der Waals surface area contributed by atoms with Crippen LogP contribution in [0.2, 0.25) is 0 Å². The van der Waals surface area contributed by atoms with Crippen LogP contribution in [0, 0.1) is 0 Å². The molecule has 2 fully saturated rings. The van der Waals surface area contributed by atoms with Crippen molar-refractivity contribution in [3.8, 4) is 0 Å². The average molecular weight is 479 g/mol. The van der Waals surface area contributed by atoms with E-state index in [1.807, 2.05) is 47.6 Å². The zero-order chi connectivity index (χ0) is 24.5. The highest BCUT2D eigenvalue weighted by atomic mass is 16.6. The lowest BCUT2D eigenvalue weighted by Gasteiger charge is -2.35. The predicted molar refractivity (Wildman–Crippen MR) is 137 cm³/mol. The second kappa shape index (κ2) is 13.5. The topological polar surface area (TPSA) is 74.4 Å². The fraction of sp³-hybridized carbons (Fsp3) is 0.692. The molecular weight excluding hydrogens is 432 g/mol. The summed E-state index contributed by atoms with van der Waals surface area (Å²) in [5.41, 5.74) is 0.512. The Labute approximate surface area is 206 Å². The van der Waals surface area contributed by atoms with E-state index in [0.717, 1.165) is 58.9 Å². The van der Waals surface area contributed by atoms with E-state index in [9.17, 15) is 9.59 Å². The highest BCUT2D eigenvalue weighted by Crippen LogP contribution is 2.13. The first kappa shape index (κ1) is 29.7. The van der Waals surface area contributed by atoms with Crippen LogP contribution in [0.5, 0.6) is 0 Å². The normalized spacial score (nSPS) is 17.1. The van der Waals surface area contributed by atoms with Crippen molar-refractivity contribution in [2.24, 2.45) is 0 Å². The minimum absolute atomic E-state index is 0. The van der Waals surface area contributed by atoms with Crippen LogP contribution in [-0.4, -0.2) is 90.4 Å². The van der Waals surface area contributed by atoms with E-state index in [1.54, 1.807) is 9.80 Å². The number of hydrogen-bond acceptors (Lipinski definition) is 6. The van der Waals surface area contributed by atoms with Crippen LogP contribution in [0.3, 0.4) is 0 Å². The van der Waals surface area contributed by atoms with Gasteiger partial charge in [-0.3, -0.25) is 4.90 Å². The monoisotopic (exact) mass is 478 g/mol. The van der Waals surface area contributed by atoms with Gasteiger partial charge in [-0.05, 0) is 47.1 Å². The fourth-order valence-corrected chi connectivity index (χ4v) is 3.43. The fourth-order valence-electron chi connectivity index (χ4n) is 3.43. The molecule has 1 aromatic carbocycles. The summed E-state index contributed by atoms with van der Waals surface area (Å²) in [6, 6.07) is 10.4. The molecule has 1 N–H and O–H groups in total. The van der Waals surface area contributed by atoms with Crippen molar-refractivity contribution in [3.63, 3.8) is 0 Å². The molecule has 3 rings (SSSR count). The van der Waals surface area contributed by atoms with Gasteiger partial charge < -0.3 is 24.6 Å². The molecule has 1 aromatic rings. The van der Waals surface area contributed by atoms with E-state index < -0.39 is 5.60 Å². The molecule has 2 saturated heterocycles. The molecule has 8 heteroatoms. The van der Waals surface area contributed by atoms with Crippen molar-refractivity contribution >= 4 is 12.2 Å². The van der Waals surface area contributed by atoms with Crippen LogP contribution in [0.1, 0.15) is 54.5 Å². The molecule has 0 saturated carbocycles. The number of nitrogens with one attached hydrogen (secondary N) is 1. The summed E-state index contributed by atoms with van der Waals surface area (Å²) in [4.78, 5) is 29.4. The molecule has 2 amide bonds. The van der Waals surface area contributed by atoms with E-state index in [0.29, 0.717) is 0 Å². The Morgan fingerprint density at radius 2 is 1.21 bits per heavy atom. The lowest BCUT2D eigenvalue weighted by Crippen LogP contribution is -2.49.